The lowest BCUT2D eigenvalue weighted by Gasteiger charge is -2.14. The molecule has 0 amide bonds. The van der Waals surface area contributed by atoms with Crippen LogP contribution in [-0.4, -0.2) is 6.61 Å². The highest BCUT2D eigenvalue weighted by atomic mass is 79.9. The second-order valence-electron chi connectivity index (χ2n) is 3.71. The third-order valence-corrected chi connectivity index (χ3v) is 2.99. The van der Waals surface area contributed by atoms with Gasteiger partial charge in [-0.05, 0) is 18.1 Å². The van der Waals surface area contributed by atoms with Crippen molar-refractivity contribution in [2.75, 3.05) is 12.3 Å². The predicted octanol–water partition coefficient (Wildman–Crippen LogP) is 3.85. The van der Waals surface area contributed by atoms with E-state index in [1.807, 2.05) is 18.2 Å². The molecule has 0 heterocycles. The van der Waals surface area contributed by atoms with Gasteiger partial charge in [0.05, 0.1) is 6.61 Å². The molecule has 15 heavy (non-hydrogen) atoms. The molecular formula is C12H18BrNO. The van der Waals surface area contributed by atoms with Crippen molar-refractivity contribution in [1.82, 2.24) is 0 Å². The second kappa shape index (κ2) is 6.01. The van der Waals surface area contributed by atoms with E-state index in [9.17, 15) is 0 Å². The highest BCUT2D eigenvalue weighted by Gasteiger charge is 2.05. The normalized spacial score (nSPS) is 10.7. The Labute approximate surface area is 99.9 Å². The maximum atomic E-state index is 5.72. The van der Waals surface area contributed by atoms with Crippen LogP contribution >= 0.6 is 15.9 Å². The molecular weight excluding hydrogens is 254 g/mol. The molecule has 0 saturated carbocycles. The highest BCUT2D eigenvalue weighted by Crippen LogP contribution is 2.23. The Morgan fingerprint density at radius 2 is 1.93 bits per heavy atom. The first kappa shape index (κ1) is 12.4. The molecule has 0 aliphatic rings. The molecule has 0 radical (unpaired) electrons. The number of ether oxygens (including phenoxy) is 1. The van der Waals surface area contributed by atoms with E-state index in [-0.39, 0.29) is 0 Å². The summed E-state index contributed by atoms with van der Waals surface area (Å²) in [4.78, 5) is 0. The molecule has 0 unspecified atom stereocenters. The van der Waals surface area contributed by atoms with Crippen LogP contribution in [0.3, 0.4) is 0 Å². The van der Waals surface area contributed by atoms with Crippen LogP contribution < -0.4 is 10.5 Å². The van der Waals surface area contributed by atoms with E-state index in [1.165, 1.54) is 0 Å². The summed E-state index contributed by atoms with van der Waals surface area (Å²) in [5, 5.41) is 0. The number of benzene rings is 1. The molecule has 84 valence electrons. The second-order valence-corrected chi connectivity index (χ2v) is 4.63. The van der Waals surface area contributed by atoms with Gasteiger partial charge >= 0.3 is 0 Å². The van der Waals surface area contributed by atoms with Gasteiger partial charge in [-0.2, -0.15) is 0 Å². The Hall–Kier alpha value is -0.700. The van der Waals surface area contributed by atoms with Gasteiger partial charge in [0.1, 0.15) is 5.75 Å². The van der Waals surface area contributed by atoms with Crippen molar-refractivity contribution in [3.8, 4) is 5.75 Å². The quantitative estimate of drug-likeness (QED) is 0.826. The molecule has 1 aromatic rings. The molecule has 0 bridgehead atoms. The lowest BCUT2D eigenvalue weighted by Crippen LogP contribution is -2.10. The lowest BCUT2D eigenvalue weighted by atomic mass is 10.1. The van der Waals surface area contributed by atoms with E-state index in [0.29, 0.717) is 5.92 Å². The topological polar surface area (TPSA) is 35.2 Å². The first-order chi connectivity index (χ1) is 7.15. The van der Waals surface area contributed by atoms with Crippen LogP contribution in [0.1, 0.15) is 26.7 Å². The summed E-state index contributed by atoms with van der Waals surface area (Å²) >= 11 is 3.39. The Morgan fingerprint density at radius 3 is 2.47 bits per heavy atom. The zero-order valence-corrected chi connectivity index (χ0v) is 10.9. The van der Waals surface area contributed by atoms with Crippen molar-refractivity contribution >= 4 is 21.6 Å². The summed E-state index contributed by atoms with van der Waals surface area (Å²) in [6, 6.07) is 5.66. The zero-order chi connectivity index (χ0) is 11.3. The van der Waals surface area contributed by atoms with Crippen molar-refractivity contribution in [3.63, 3.8) is 0 Å². The van der Waals surface area contributed by atoms with Crippen LogP contribution in [0.5, 0.6) is 5.75 Å². The minimum Gasteiger partial charge on any atom is -0.493 e. The van der Waals surface area contributed by atoms with Gasteiger partial charge in [0.25, 0.3) is 0 Å². The Bertz CT molecular complexity index is 290. The molecule has 3 heteroatoms. The van der Waals surface area contributed by atoms with Gasteiger partial charge in [-0.1, -0.05) is 42.6 Å². The summed E-state index contributed by atoms with van der Waals surface area (Å²) in [7, 11) is 0. The highest BCUT2D eigenvalue weighted by molar-refractivity contribution is 9.10. The SMILES string of the molecule is CCC(CC)COc1cc(N)cc(Br)c1. The number of nitrogen functional groups attached to an aromatic ring is 1. The monoisotopic (exact) mass is 271 g/mol. The number of hydrogen-bond acceptors (Lipinski definition) is 2. The Kier molecular flexibility index (Phi) is 4.95. The molecule has 2 nitrogen and oxygen atoms in total. The van der Waals surface area contributed by atoms with Crippen molar-refractivity contribution in [2.45, 2.75) is 26.7 Å². The van der Waals surface area contributed by atoms with Gasteiger partial charge in [0.2, 0.25) is 0 Å². The summed E-state index contributed by atoms with van der Waals surface area (Å²) in [6.45, 7) is 5.14. The molecule has 1 rings (SSSR count). The number of nitrogens with two attached hydrogens (primary N) is 1. The fourth-order valence-electron chi connectivity index (χ4n) is 1.41. The van der Waals surface area contributed by atoms with E-state index in [2.05, 4.69) is 29.8 Å². The maximum Gasteiger partial charge on any atom is 0.122 e. The van der Waals surface area contributed by atoms with Gasteiger partial charge in [0, 0.05) is 16.2 Å². The average Bonchev–Trinajstić information content (AvgIpc) is 2.18. The maximum absolute atomic E-state index is 5.72. The van der Waals surface area contributed by atoms with E-state index < -0.39 is 0 Å². The van der Waals surface area contributed by atoms with Crippen LogP contribution in [0.2, 0.25) is 0 Å². The molecule has 0 aromatic heterocycles. The Morgan fingerprint density at radius 1 is 1.27 bits per heavy atom. The van der Waals surface area contributed by atoms with Crippen molar-refractivity contribution in [2.24, 2.45) is 5.92 Å². The van der Waals surface area contributed by atoms with Gasteiger partial charge in [-0.25, -0.2) is 0 Å². The van der Waals surface area contributed by atoms with E-state index >= 15 is 0 Å². The fraction of sp³-hybridized carbons (Fsp3) is 0.500. The molecule has 0 atom stereocenters. The minimum absolute atomic E-state index is 0.630. The number of hydrogen-bond donors (Lipinski definition) is 1. The van der Waals surface area contributed by atoms with Crippen LogP contribution in [-0.2, 0) is 0 Å². The summed E-state index contributed by atoms with van der Waals surface area (Å²) in [5.74, 6) is 1.47. The van der Waals surface area contributed by atoms with Gasteiger partial charge in [-0.15, -0.1) is 0 Å². The molecule has 0 aliphatic heterocycles. The van der Waals surface area contributed by atoms with Gasteiger partial charge in [-0.3, -0.25) is 0 Å². The summed E-state index contributed by atoms with van der Waals surface area (Å²) in [6.07, 6.45) is 2.31. The minimum atomic E-state index is 0.630. The van der Waals surface area contributed by atoms with Crippen molar-refractivity contribution < 1.29 is 4.74 Å². The fourth-order valence-corrected chi connectivity index (χ4v) is 1.90. The van der Waals surface area contributed by atoms with Crippen LogP contribution in [0.4, 0.5) is 5.69 Å². The largest absolute Gasteiger partial charge is 0.493 e. The average molecular weight is 272 g/mol. The standard InChI is InChI=1S/C12H18BrNO/c1-3-9(4-2)8-15-12-6-10(13)5-11(14)7-12/h5-7,9H,3-4,8,14H2,1-2H3. The molecule has 0 spiro atoms. The third kappa shape index (κ3) is 4.12. The summed E-state index contributed by atoms with van der Waals surface area (Å²) < 4.78 is 6.66. The van der Waals surface area contributed by atoms with E-state index in [1.54, 1.807) is 0 Å². The van der Waals surface area contributed by atoms with Crippen LogP contribution in [0.15, 0.2) is 22.7 Å². The smallest absolute Gasteiger partial charge is 0.122 e. The van der Waals surface area contributed by atoms with Gasteiger partial charge in [0.15, 0.2) is 0 Å². The van der Waals surface area contributed by atoms with Crippen LogP contribution in [0.25, 0.3) is 0 Å². The summed E-state index contributed by atoms with van der Waals surface area (Å²) in [5.41, 5.74) is 6.45. The molecule has 0 fully saturated rings. The number of anilines is 1. The first-order valence-electron chi connectivity index (χ1n) is 5.34. The number of rotatable bonds is 5. The Balaban J connectivity index is 2.57. The molecule has 2 N–H and O–H groups in total. The number of halogens is 1. The molecule has 1 aromatic carbocycles. The lowest BCUT2D eigenvalue weighted by molar-refractivity contribution is 0.240. The van der Waals surface area contributed by atoms with E-state index in [0.717, 1.165) is 35.4 Å². The van der Waals surface area contributed by atoms with Crippen LogP contribution in [0, 0.1) is 5.92 Å². The first-order valence-corrected chi connectivity index (χ1v) is 6.13. The van der Waals surface area contributed by atoms with Crippen molar-refractivity contribution in [1.29, 1.82) is 0 Å². The van der Waals surface area contributed by atoms with Crippen molar-refractivity contribution in [3.05, 3.63) is 22.7 Å². The third-order valence-electron chi connectivity index (χ3n) is 2.53. The molecule has 0 aliphatic carbocycles. The zero-order valence-electron chi connectivity index (χ0n) is 9.29. The predicted molar refractivity (Wildman–Crippen MR) is 68.1 cm³/mol. The van der Waals surface area contributed by atoms with E-state index in [4.69, 9.17) is 10.5 Å². The molecule has 0 saturated heterocycles. The van der Waals surface area contributed by atoms with Gasteiger partial charge < -0.3 is 10.5 Å².